The van der Waals surface area contributed by atoms with Crippen LogP contribution in [0.5, 0.6) is 0 Å². The standard InChI is InChI=1S/C23H22N4O3/c28-23(22(18-7-3-1-4-8-18)19-9-5-2-6-10-19)26-15-13-25(14-16-26)20-11-12-21(24-17-20)27(29)30/h1-12,17,22H,13-16H2. The van der Waals surface area contributed by atoms with Gasteiger partial charge in [0.25, 0.3) is 0 Å². The van der Waals surface area contributed by atoms with Gasteiger partial charge in [-0.3, -0.25) is 4.79 Å². The van der Waals surface area contributed by atoms with Gasteiger partial charge in [-0.15, -0.1) is 0 Å². The van der Waals surface area contributed by atoms with E-state index in [0.717, 1.165) is 16.8 Å². The van der Waals surface area contributed by atoms with Crippen molar-refractivity contribution >= 4 is 17.4 Å². The molecule has 0 saturated carbocycles. The lowest BCUT2D eigenvalue weighted by atomic mass is 9.90. The summed E-state index contributed by atoms with van der Waals surface area (Å²) < 4.78 is 0. The summed E-state index contributed by atoms with van der Waals surface area (Å²) in [5, 5.41) is 10.8. The second-order valence-electron chi connectivity index (χ2n) is 7.20. The summed E-state index contributed by atoms with van der Waals surface area (Å²) in [6.07, 6.45) is 1.52. The first-order valence-electron chi connectivity index (χ1n) is 9.87. The highest BCUT2D eigenvalue weighted by atomic mass is 16.6. The quantitative estimate of drug-likeness (QED) is 0.482. The second kappa shape index (κ2) is 8.73. The topological polar surface area (TPSA) is 79.6 Å². The van der Waals surface area contributed by atoms with Crippen LogP contribution in [-0.4, -0.2) is 46.9 Å². The van der Waals surface area contributed by atoms with E-state index in [2.05, 4.69) is 9.88 Å². The number of nitrogens with zero attached hydrogens (tertiary/aromatic N) is 4. The van der Waals surface area contributed by atoms with E-state index < -0.39 is 4.92 Å². The largest absolute Gasteiger partial charge is 0.365 e. The Morgan fingerprint density at radius 2 is 1.43 bits per heavy atom. The molecule has 1 aliphatic rings. The van der Waals surface area contributed by atoms with E-state index in [-0.39, 0.29) is 17.6 Å². The molecule has 3 aromatic rings. The number of benzene rings is 2. The Morgan fingerprint density at radius 1 is 0.867 bits per heavy atom. The molecule has 1 aromatic heterocycles. The van der Waals surface area contributed by atoms with E-state index in [9.17, 15) is 14.9 Å². The normalized spacial score (nSPS) is 14.0. The summed E-state index contributed by atoms with van der Waals surface area (Å²) in [6.45, 7) is 2.49. The molecule has 0 bridgehead atoms. The molecule has 152 valence electrons. The Balaban J connectivity index is 1.48. The molecule has 7 heteroatoms. The number of pyridine rings is 1. The molecular formula is C23H22N4O3. The van der Waals surface area contributed by atoms with Crippen molar-refractivity contribution in [2.24, 2.45) is 0 Å². The van der Waals surface area contributed by atoms with Crippen LogP contribution in [0.4, 0.5) is 11.5 Å². The molecule has 1 amide bonds. The Hall–Kier alpha value is -3.74. The highest BCUT2D eigenvalue weighted by Gasteiger charge is 2.30. The van der Waals surface area contributed by atoms with Crippen molar-refractivity contribution in [2.75, 3.05) is 31.1 Å². The van der Waals surface area contributed by atoms with Crippen LogP contribution >= 0.6 is 0 Å². The maximum absolute atomic E-state index is 13.5. The second-order valence-corrected chi connectivity index (χ2v) is 7.20. The number of piperazine rings is 1. The predicted octanol–water partition coefficient (Wildman–Crippen LogP) is 3.47. The fourth-order valence-corrected chi connectivity index (χ4v) is 3.81. The van der Waals surface area contributed by atoms with Crippen molar-refractivity contribution in [2.45, 2.75) is 5.92 Å². The van der Waals surface area contributed by atoms with E-state index in [1.54, 1.807) is 6.07 Å². The van der Waals surface area contributed by atoms with Gasteiger partial charge in [-0.2, -0.15) is 0 Å². The monoisotopic (exact) mass is 402 g/mol. The van der Waals surface area contributed by atoms with Gasteiger partial charge in [0, 0.05) is 32.2 Å². The zero-order chi connectivity index (χ0) is 20.9. The number of hydrogen-bond acceptors (Lipinski definition) is 5. The third kappa shape index (κ3) is 4.15. The summed E-state index contributed by atoms with van der Waals surface area (Å²) >= 11 is 0. The van der Waals surface area contributed by atoms with Gasteiger partial charge in [0.1, 0.15) is 0 Å². The summed E-state index contributed by atoms with van der Waals surface area (Å²) in [5.74, 6) is -0.407. The molecule has 0 aliphatic carbocycles. The van der Waals surface area contributed by atoms with Crippen molar-refractivity contribution in [1.82, 2.24) is 9.88 Å². The Kier molecular flexibility index (Phi) is 5.70. The van der Waals surface area contributed by atoms with E-state index in [1.807, 2.05) is 65.6 Å². The van der Waals surface area contributed by atoms with Crippen molar-refractivity contribution < 1.29 is 9.72 Å². The van der Waals surface area contributed by atoms with Crippen molar-refractivity contribution in [1.29, 1.82) is 0 Å². The van der Waals surface area contributed by atoms with Crippen LogP contribution in [0.3, 0.4) is 0 Å². The van der Waals surface area contributed by atoms with Crippen molar-refractivity contribution in [3.05, 3.63) is 100 Å². The molecule has 2 heterocycles. The summed E-state index contributed by atoms with van der Waals surface area (Å²) in [7, 11) is 0. The number of nitro groups is 1. The minimum Gasteiger partial charge on any atom is -0.365 e. The number of carbonyl (C=O) groups excluding carboxylic acids is 1. The maximum atomic E-state index is 13.5. The lowest BCUT2D eigenvalue weighted by molar-refractivity contribution is -0.389. The average Bonchev–Trinajstić information content (AvgIpc) is 2.81. The zero-order valence-corrected chi connectivity index (χ0v) is 16.4. The van der Waals surface area contributed by atoms with Gasteiger partial charge in [0.2, 0.25) is 5.91 Å². The first-order valence-corrected chi connectivity index (χ1v) is 9.87. The minimum atomic E-state index is -0.506. The van der Waals surface area contributed by atoms with Crippen LogP contribution in [0, 0.1) is 10.1 Å². The minimum absolute atomic E-state index is 0.0916. The molecule has 0 atom stereocenters. The Bertz CT molecular complexity index is 962. The van der Waals surface area contributed by atoms with Gasteiger partial charge >= 0.3 is 5.82 Å². The van der Waals surface area contributed by atoms with E-state index >= 15 is 0 Å². The Morgan fingerprint density at radius 3 is 1.90 bits per heavy atom. The SMILES string of the molecule is O=C(C(c1ccccc1)c1ccccc1)N1CCN(c2ccc([N+](=O)[O-])nc2)CC1. The molecule has 1 saturated heterocycles. The molecule has 2 aromatic carbocycles. The molecule has 4 rings (SSSR count). The molecule has 0 spiro atoms. The number of carbonyl (C=O) groups is 1. The number of anilines is 1. The van der Waals surface area contributed by atoms with Crippen LogP contribution in [0.25, 0.3) is 0 Å². The molecule has 0 radical (unpaired) electrons. The van der Waals surface area contributed by atoms with Crippen LogP contribution in [0.1, 0.15) is 17.0 Å². The molecule has 30 heavy (non-hydrogen) atoms. The fraction of sp³-hybridized carbons (Fsp3) is 0.217. The molecular weight excluding hydrogens is 380 g/mol. The van der Waals surface area contributed by atoms with Crippen LogP contribution in [-0.2, 0) is 4.79 Å². The summed E-state index contributed by atoms with van der Waals surface area (Å²) in [4.78, 5) is 31.7. The molecule has 1 fully saturated rings. The molecule has 0 unspecified atom stereocenters. The van der Waals surface area contributed by atoms with Crippen LogP contribution in [0.15, 0.2) is 79.0 Å². The lowest BCUT2D eigenvalue weighted by Gasteiger charge is -2.37. The summed E-state index contributed by atoms with van der Waals surface area (Å²) in [5.41, 5.74) is 2.79. The average molecular weight is 402 g/mol. The smallest absolute Gasteiger partial charge is 0.363 e. The first kappa shape index (κ1) is 19.6. The van der Waals surface area contributed by atoms with Gasteiger partial charge in [0.15, 0.2) is 6.20 Å². The van der Waals surface area contributed by atoms with Gasteiger partial charge in [-0.05, 0) is 27.1 Å². The zero-order valence-electron chi connectivity index (χ0n) is 16.4. The van der Waals surface area contributed by atoms with Gasteiger partial charge in [0.05, 0.1) is 11.6 Å². The maximum Gasteiger partial charge on any atom is 0.363 e. The third-order valence-electron chi connectivity index (χ3n) is 5.39. The Labute approximate surface area is 174 Å². The fourth-order valence-electron chi connectivity index (χ4n) is 3.81. The van der Waals surface area contributed by atoms with Crippen molar-refractivity contribution in [3.63, 3.8) is 0 Å². The molecule has 0 N–H and O–H groups in total. The highest BCUT2D eigenvalue weighted by molar-refractivity contribution is 5.87. The molecule has 7 nitrogen and oxygen atoms in total. The highest BCUT2D eigenvalue weighted by Crippen LogP contribution is 2.28. The summed E-state index contributed by atoms with van der Waals surface area (Å²) in [6, 6.07) is 22.8. The van der Waals surface area contributed by atoms with E-state index in [4.69, 9.17) is 0 Å². The molecule has 1 aliphatic heterocycles. The number of aromatic nitrogens is 1. The van der Waals surface area contributed by atoms with Gasteiger partial charge in [-0.25, -0.2) is 0 Å². The van der Waals surface area contributed by atoms with Gasteiger partial charge < -0.3 is 19.9 Å². The van der Waals surface area contributed by atoms with Crippen LogP contribution < -0.4 is 4.90 Å². The van der Waals surface area contributed by atoms with E-state index in [0.29, 0.717) is 26.2 Å². The van der Waals surface area contributed by atoms with Crippen LogP contribution in [0.2, 0.25) is 0 Å². The third-order valence-corrected chi connectivity index (χ3v) is 5.39. The van der Waals surface area contributed by atoms with E-state index in [1.165, 1.54) is 12.3 Å². The number of amides is 1. The predicted molar refractivity (Wildman–Crippen MR) is 114 cm³/mol. The number of rotatable bonds is 5. The van der Waals surface area contributed by atoms with Crippen molar-refractivity contribution in [3.8, 4) is 0 Å². The lowest BCUT2D eigenvalue weighted by Crippen LogP contribution is -2.50. The number of hydrogen-bond donors (Lipinski definition) is 0. The van der Waals surface area contributed by atoms with Gasteiger partial charge in [-0.1, -0.05) is 60.7 Å². The first-order chi connectivity index (χ1) is 14.6.